The molecule has 0 heterocycles. The number of hydrogen-bond acceptors (Lipinski definition) is 4. The number of carbonyl (C=O) groups is 1. The third-order valence-corrected chi connectivity index (χ3v) is 7.53. The fourth-order valence-electron chi connectivity index (χ4n) is 5.58. The van der Waals surface area contributed by atoms with Crippen molar-refractivity contribution in [3.63, 3.8) is 0 Å². The minimum atomic E-state index is -0.749. The van der Waals surface area contributed by atoms with E-state index in [1.165, 1.54) is 6.07 Å². The van der Waals surface area contributed by atoms with Crippen molar-refractivity contribution >= 4 is 5.97 Å². The maximum Gasteiger partial charge on any atom is 0.307 e. The molecule has 5 nitrogen and oxygen atoms in total. The Hall–Kier alpha value is -3.38. The molecule has 0 radical (unpaired) electrons. The molecule has 3 aromatic carbocycles. The van der Waals surface area contributed by atoms with Crippen LogP contribution in [0, 0.1) is 25.6 Å². The van der Waals surface area contributed by atoms with Gasteiger partial charge in [0, 0.05) is 5.56 Å². The number of carboxylic acids is 1. The number of aliphatic hydroxyl groups excluding tert-OH is 1. The Morgan fingerprint density at radius 1 is 1.05 bits per heavy atom. The highest BCUT2D eigenvalue weighted by molar-refractivity contribution is 5.77. The molecule has 194 valence electrons. The van der Waals surface area contributed by atoms with E-state index in [9.17, 15) is 15.0 Å². The van der Waals surface area contributed by atoms with Crippen molar-refractivity contribution in [2.75, 3.05) is 6.61 Å². The number of carboxylic acid groups (broad SMARTS) is 1. The number of ether oxygens (including phenoxy) is 2. The van der Waals surface area contributed by atoms with Gasteiger partial charge < -0.3 is 19.7 Å². The van der Waals surface area contributed by atoms with Crippen molar-refractivity contribution in [3.05, 3.63) is 82.2 Å². The van der Waals surface area contributed by atoms with Gasteiger partial charge in [0.15, 0.2) is 0 Å². The first kappa shape index (κ1) is 25.3. The van der Waals surface area contributed by atoms with Gasteiger partial charge in [-0.05, 0) is 117 Å². The number of aliphatic hydroxyl groups is 1. The Bertz CT molecular complexity index is 1320. The van der Waals surface area contributed by atoms with Crippen LogP contribution in [0.25, 0.3) is 11.1 Å². The van der Waals surface area contributed by atoms with Crippen molar-refractivity contribution in [2.24, 2.45) is 5.92 Å². The van der Waals surface area contributed by atoms with E-state index in [0.29, 0.717) is 36.3 Å². The Balaban J connectivity index is 1.40. The molecule has 5 rings (SSSR count). The van der Waals surface area contributed by atoms with E-state index in [-0.39, 0.29) is 30.4 Å². The van der Waals surface area contributed by atoms with Gasteiger partial charge in [0.1, 0.15) is 29.0 Å². The van der Waals surface area contributed by atoms with Gasteiger partial charge in [-0.15, -0.1) is 0 Å². The second-order valence-corrected chi connectivity index (χ2v) is 10.9. The van der Waals surface area contributed by atoms with Crippen molar-refractivity contribution in [1.82, 2.24) is 0 Å². The Kier molecular flexibility index (Phi) is 6.48. The monoisotopic (exact) mass is 504 g/mol. The molecule has 0 bridgehead atoms. The fraction of sp³-hybridized carbons (Fsp3) is 0.387. The van der Waals surface area contributed by atoms with Crippen molar-refractivity contribution in [3.8, 4) is 22.6 Å². The Labute approximate surface area is 216 Å². The quantitative estimate of drug-likeness (QED) is 0.366. The SMILES string of the molecule is Cc1cc(OC(C)(C)CO)cc(C)c1-c1ccc(F)c2c1CC[C@H]2Oc1ccc([C@H]2C[C@@H]2C(=O)O)cc1. The molecule has 0 unspecified atom stereocenters. The summed E-state index contributed by atoms with van der Waals surface area (Å²) in [5, 5.41) is 18.7. The first-order chi connectivity index (χ1) is 17.6. The van der Waals surface area contributed by atoms with Crippen molar-refractivity contribution in [1.29, 1.82) is 0 Å². The maximum atomic E-state index is 15.1. The summed E-state index contributed by atoms with van der Waals surface area (Å²) in [6, 6.07) is 14.9. The predicted molar refractivity (Wildman–Crippen MR) is 140 cm³/mol. The molecule has 6 heteroatoms. The highest BCUT2D eigenvalue weighted by Crippen LogP contribution is 2.48. The second-order valence-electron chi connectivity index (χ2n) is 10.9. The van der Waals surface area contributed by atoms with E-state index < -0.39 is 11.6 Å². The van der Waals surface area contributed by atoms with Gasteiger partial charge in [0.05, 0.1) is 12.5 Å². The van der Waals surface area contributed by atoms with Gasteiger partial charge in [-0.25, -0.2) is 4.39 Å². The largest absolute Gasteiger partial charge is 0.486 e. The molecule has 0 saturated heterocycles. The van der Waals surface area contributed by atoms with E-state index in [0.717, 1.165) is 33.4 Å². The molecule has 2 N–H and O–H groups in total. The van der Waals surface area contributed by atoms with Gasteiger partial charge in [0.25, 0.3) is 0 Å². The number of benzene rings is 3. The predicted octanol–water partition coefficient (Wildman–Crippen LogP) is 6.51. The number of aliphatic carboxylic acids is 1. The number of fused-ring (bicyclic) bond motifs is 1. The van der Waals surface area contributed by atoms with Gasteiger partial charge in [-0.3, -0.25) is 4.79 Å². The van der Waals surface area contributed by atoms with Gasteiger partial charge in [-0.2, -0.15) is 0 Å². The topological polar surface area (TPSA) is 76.0 Å². The van der Waals surface area contributed by atoms with Crippen LogP contribution < -0.4 is 9.47 Å². The zero-order chi connectivity index (χ0) is 26.5. The number of aryl methyl sites for hydroxylation is 2. The zero-order valence-corrected chi connectivity index (χ0v) is 21.7. The summed E-state index contributed by atoms with van der Waals surface area (Å²) in [6.45, 7) is 7.63. The van der Waals surface area contributed by atoms with E-state index in [2.05, 4.69) is 0 Å². The van der Waals surface area contributed by atoms with Crippen LogP contribution in [0.1, 0.15) is 66.5 Å². The lowest BCUT2D eigenvalue weighted by molar-refractivity contribution is -0.138. The molecule has 3 aromatic rings. The van der Waals surface area contributed by atoms with Crippen molar-refractivity contribution < 1.29 is 28.9 Å². The van der Waals surface area contributed by atoms with E-state index in [4.69, 9.17) is 9.47 Å². The van der Waals surface area contributed by atoms with Gasteiger partial charge in [-0.1, -0.05) is 18.2 Å². The van der Waals surface area contributed by atoms with Gasteiger partial charge >= 0.3 is 5.97 Å². The normalized spacial score (nSPS) is 20.4. The van der Waals surface area contributed by atoms with Gasteiger partial charge in [0.2, 0.25) is 0 Å². The number of rotatable bonds is 8. The lowest BCUT2D eigenvalue weighted by Crippen LogP contribution is -2.32. The molecule has 2 aliphatic rings. The fourth-order valence-corrected chi connectivity index (χ4v) is 5.58. The van der Waals surface area contributed by atoms with Crippen LogP contribution >= 0.6 is 0 Å². The van der Waals surface area contributed by atoms with Crippen LogP contribution in [-0.4, -0.2) is 28.4 Å². The van der Waals surface area contributed by atoms with Crippen LogP contribution in [0.3, 0.4) is 0 Å². The Morgan fingerprint density at radius 2 is 1.73 bits per heavy atom. The molecule has 0 aromatic heterocycles. The molecule has 1 saturated carbocycles. The van der Waals surface area contributed by atoms with Crippen LogP contribution in [0.5, 0.6) is 11.5 Å². The molecule has 2 aliphatic carbocycles. The minimum absolute atomic E-state index is 0.0664. The van der Waals surface area contributed by atoms with Crippen molar-refractivity contribution in [2.45, 2.75) is 64.6 Å². The molecule has 37 heavy (non-hydrogen) atoms. The summed E-state index contributed by atoms with van der Waals surface area (Å²) < 4.78 is 27.4. The first-order valence-corrected chi connectivity index (χ1v) is 12.8. The highest BCUT2D eigenvalue weighted by atomic mass is 19.1. The Morgan fingerprint density at radius 3 is 2.32 bits per heavy atom. The average Bonchev–Trinajstić information content (AvgIpc) is 3.54. The maximum absolute atomic E-state index is 15.1. The summed E-state index contributed by atoms with van der Waals surface area (Å²) in [5.74, 6) is 0.105. The average molecular weight is 505 g/mol. The summed E-state index contributed by atoms with van der Waals surface area (Å²) in [7, 11) is 0. The summed E-state index contributed by atoms with van der Waals surface area (Å²) in [5.41, 5.74) is 6.02. The molecule has 0 amide bonds. The van der Waals surface area contributed by atoms with Crippen LogP contribution in [0.4, 0.5) is 4.39 Å². The standard InChI is InChI=1S/C31H33FO5/c1-17-13-21(37-31(3,4)16-33)14-18(2)28(17)22-9-11-26(32)29-23(22)10-12-27(29)36-20-7-5-19(6-8-20)24-15-25(24)30(34)35/h5-9,11,13-14,24-25,27,33H,10,12,15-16H2,1-4H3,(H,34,35)/t24-,25+,27-/m1/s1. The first-order valence-electron chi connectivity index (χ1n) is 12.8. The molecule has 1 fully saturated rings. The highest BCUT2D eigenvalue weighted by Gasteiger charge is 2.44. The van der Waals surface area contributed by atoms with Crippen LogP contribution in [0.15, 0.2) is 48.5 Å². The van der Waals surface area contributed by atoms with E-state index >= 15 is 4.39 Å². The summed E-state index contributed by atoms with van der Waals surface area (Å²) in [4.78, 5) is 11.2. The minimum Gasteiger partial charge on any atom is -0.486 e. The van der Waals surface area contributed by atoms with E-state index in [1.54, 1.807) is 0 Å². The summed E-state index contributed by atoms with van der Waals surface area (Å²) >= 11 is 0. The lowest BCUT2D eigenvalue weighted by atomic mass is 9.90. The molecule has 3 atom stereocenters. The van der Waals surface area contributed by atoms with E-state index in [1.807, 2.05) is 70.2 Å². The molecule has 0 spiro atoms. The summed E-state index contributed by atoms with van der Waals surface area (Å²) in [6.07, 6.45) is 1.67. The second kappa shape index (κ2) is 9.49. The van der Waals surface area contributed by atoms with Crippen LogP contribution in [0.2, 0.25) is 0 Å². The smallest absolute Gasteiger partial charge is 0.307 e. The third kappa shape index (κ3) is 4.95. The molecule has 0 aliphatic heterocycles. The molecular weight excluding hydrogens is 471 g/mol. The third-order valence-electron chi connectivity index (χ3n) is 7.53. The lowest BCUT2D eigenvalue weighted by Gasteiger charge is -2.25. The number of hydrogen-bond donors (Lipinski definition) is 2. The number of halogens is 1. The zero-order valence-electron chi connectivity index (χ0n) is 21.7. The molecular formula is C31H33FO5. The van der Waals surface area contributed by atoms with Crippen LogP contribution in [-0.2, 0) is 11.2 Å².